The van der Waals surface area contributed by atoms with Gasteiger partial charge in [0.1, 0.15) is 11.4 Å². The number of halogens is 1. The summed E-state index contributed by atoms with van der Waals surface area (Å²) >= 11 is 3.39. The predicted octanol–water partition coefficient (Wildman–Crippen LogP) is 1.51. The van der Waals surface area contributed by atoms with Gasteiger partial charge in [-0.15, -0.1) is 0 Å². The number of piperidine rings is 1. The molecule has 0 amide bonds. The van der Waals surface area contributed by atoms with Crippen LogP contribution in [0.25, 0.3) is 0 Å². The highest BCUT2D eigenvalue weighted by molar-refractivity contribution is 9.10. The lowest BCUT2D eigenvalue weighted by Gasteiger charge is -2.39. The van der Waals surface area contributed by atoms with E-state index in [1.165, 1.54) is 0 Å². The third-order valence-corrected chi connectivity index (χ3v) is 4.15. The maximum absolute atomic E-state index is 12.2. The van der Waals surface area contributed by atoms with E-state index in [4.69, 9.17) is 4.74 Å². The van der Waals surface area contributed by atoms with Gasteiger partial charge in [0, 0.05) is 17.3 Å². The average Bonchev–Trinajstić information content (AvgIpc) is 2.31. The quantitative estimate of drug-likeness (QED) is 0.789. The number of hydrogen-bond acceptors (Lipinski definition) is 2. The van der Waals surface area contributed by atoms with Crippen LogP contribution < -0.4 is 10.1 Å². The minimum atomic E-state index is -0.230. The smallest absolute Gasteiger partial charge is 0.170 e. The maximum Gasteiger partial charge on any atom is 0.170 e. The van der Waals surface area contributed by atoms with Crippen LogP contribution in [-0.2, 0) is 0 Å². The summed E-state index contributed by atoms with van der Waals surface area (Å²) in [5.74, 6) is 0.973. The lowest BCUT2D eigenvalue weighted by Crippen LogP contribution is -2.88. The Labute approximate surface area is 109 Å². The first-order valence-corrected chi connectivity index (χ1v) is 6.81. The zero-order chi connectivity index (χ0) is 11.9. The molecule has 17 heavy (non-hydrogen) atoms. The van der Waals surface area contributed by atoms with Gasteiger partial charge in [-0.25, -0.2) is 0 Å². The molecule has 3 nitrogen and oxygen atoms in total. The summed E-state index contributed by atoms with van der Waals surface area (Å²) in [7, 11) is 0. The fourth-order valence-electron chi connectivity index (χ4n) is 2.74. The molecule has 1 aromatic carbocycles. The summed E-state index contributed by atoms with van der Waals surface area (Å²) in [6.07, 6.45) is 2.47. The molecule has 4 heteroatoms. The molecule has 0 unspecified atom stereocenters. The Hall–Kier alpha value is -0.870. The summed E-state index contributed by atoms with van der Waals surface area (Å²) in [6.45, 7) is 2.11. The Bertz CT molecular complexity index is 466. The molecule has 1 saturated heterocycles. The molecule has 1 spiro atoms. The normalized spacial score (nSPS) is 22.1. The maximum atomic E-state index is 12.2. The van der Waals surface area contributed by atoms with Gasteiger partial charge in [0.2, 0.25) is 0 Å². The number of carbonyl (C=O) groups is 1. The van der Waals surface area contributed by atoms with Gasteiger partial charge in [0.15, 0.2) is 5.78 Å². The lowest BCUT2D eigenvalue weighted by molar-refractivity contribution is -0.667. The second-order valence-electron chi connectivity index (χ2n) is 4.89. The first kappa shape index (κ1) is 11.2. The van der Waals surface area contributed by atoms with Gasteiger partial charge in [0.05, 0.1) is 25.1 Å². The first-order valence-electron chi connectivity index (χ1n) is 6.02. The van der Waals surface area contributed by atoms with Gasteiger partial charge < -0.3 is 10.1 Å². The average molecular weight is 297 g/mol. The third-order valence-electron chi connectivity index (χ3n) is 3.66. The topological polar surface area (TPSA) is 42.9 Å². The second kappa shape index (κ2) is 4.10. The number of benzene rings is 1. The molecule has 2 N–H and O–H groups in total. The second-order valence-corrected chi connectivity index (χ2v) is 5.81. The number of rotatable bonds is 0. The summed E-state index contributed by atoms with van der Waals surface area (Å²) in [6, 6.07) is 5.69. The first-order chi connectivity index (χ1) is 8.19. The van der Waals surface area contributed by atoms with Crippen molar-refractivity contribution in [1.82, 2.24) is 0 Å². The van der Waals surface area contributed by atoms with E-state index in [1.54, 1.807) is 0 Å². The van der Waals surface area contributed by atoms with Crippen molar-refractivity contribution in [2.24, 2.45) is 0 Å². The molecule has 0 bridgehead atoms. The fourth-order valence-corrected chi connectivity index (χ4v) is 3.11. The van der Waals surface area contributed by atoms with Crippen molar-refractivity contribution >= 4 is 21.7 Å². The SMILES string of the molecule is O=C1CC2(CC[NH2+]CC2)Oc2ccc(Br)cc21. The number of fused-ring (bicyclic) bond motifs is 1. The van der Waals surface area contributed by atoms with E-state index in [0.29, 0.717) is 6.42 Å². The van der Waals surface area contributed by atoms with E-state index in [9.17, 15) is 4.79 Å². The highest BCUT2D eigenvalue weighted by Crippen LogP contribution is 2.38. The molecule has 0 saturated carbocycles. The number of carbonyl (C=O) groups excluding carboxylic acids is 1. The monoisotopic (exact) mass is 296 g/mol. The number of ketones is 1. The van der Waals surface area contributed by atoms with Crippen LogP contribution in [0.2, 0.25) is 0 Å². The molecule has 1 aromatic rings. The molecule has 2 aliphatic heterocycles. The number of Topliss-reactive ketones (excluding diaryl/α,β-unsaturated/α-hetero) is 1. The van der Waals surface area contributed by atoms with E-state index in [0.717, 1.165) is 41.7 Å². The van der Waals surface area contributed by atoms with Gasteiger partial charge in [-0.3, -0.25) is 4.79 Å². The molecule has 1 fully saturated rings. The van der Waals surface area contributed by atoms with Crippen molar-refractivity contribution in [3.63, 3.8) is 0 Å². The molecule has 0 aliphatic carbocycles. The zero-order valence-electron chi connectivity index (χ0n) is 9.54. The molecule has 90 valence electrons. The number of quaternary nitrogens is 1. The van der Waals surface area contributed by atoms with Crippen LogP contribution in [0, 0.1) is 0 Å². The van der Waals surface area contributed by atoms with Crippen LogP contribution in [0.3, 0.4) is 0 Å². The molecule has 0 atom stereocenters. The predicted molar refractivity (Wildman–Crippen MR) is 67.3 cm³/mol. The van der Waals surface area contributed by atoms with E-state index in [-0.39, 0.29) is 11.4 Å². The van der Waals surface area contributed by atoms with Crippen molar-refractivity contribution in [3.05, 3.63) is 28.2 Å². The molecular weight excluding hydrogens is 282 g/mol. The van der Waals surface area contributed by atoms with Crippen molar-refractivity contribution in [2.75, 3.05) is 13.1 Å². The Balaban J connectivity index is 1.97. The molecule has 0 aromatic heterocycles. The molecule has 2 aliphatic rings. The Morgan fingerprint density at radius 2 is 2.06 bits per heavy atom. The number of ether oxygens (including phenoxy) is 1. The molecule has 3 rings (SSSR count). The molecular formula is C13H15BrNO2+. The number of nitrogens with two attached hydrogens (primary N) is 1. The van der Waals surface area contributed by atoms with E-state index in [1.807, 2.05) is 18.2 Å². The fraction of sp³-hybridized carbons (Fsp3) is 0.462. The van der Waals surface area contributed by atoms with Gasteiger partial charge in [-0.2, -0.15) is 0 Å². The van der Waals surface area contributed by atoms with Crippen molar-refractivity contribution < 1.29 is 14.8 Å². The van der Waals surface area contributed by atoms with Crippen LogP contribution in [0.4, 0.5) is 0 Å². The van der Waals surface area contributed by atoms with Crippen LogP contribution in [0.5, 0.6) is 5.75 Å². The van der Waals surface area contributed by atoms with Crippen molar-refractivity contribution in [3.8, 4) is 5.75 Å². The zero-order valence-corrected chi connectivity index (χ0v) is 11.1. The minimum absolute atomic E-state index is 0.217. The van der Waals surface area contributed by atoms with Gasteiger partial charge in [-0.05, 0) is 18.2 Å². The summed E-state index contributed by atoms with van der Waals surface area (Å²) in [5, 5.41) is 2.29. The van der Waals surface area contributed by atoms with Crippen molar-refractivity contribution in [2.45, 2.75) is 24.9 Å². The van der Waals surface area contributed by atoms with E-state index >= 15 is 0 Å². The lowest BCUT2D eigenvalue weighted by atomic mass is 9.83. The van der Waals surface area contributed by atoms with Crippen LogP contribution >= 0.6 is 15.9 Å². The van der Waals surface area contributed by atoms with Gasteiger partial charge in [0.25, 0.3) is 0 Å². The van der Waals surface area contributed by atoms with Gasteiger partial charge in [-0.1, -0.05) is 15.9 Å². The minimum Gasteiger partial charge on any atom is -0.486 e. The molecule has 2 heterocycles. The largest absolute Gasteiger partial charge is 0.486 e. The summed E-state index contributed by atoms with van der Waals surface area (Å²) in [5.41, 5.74) is 0.492. The van der Waals surface area contributed by atoms with Crippen LogP contribution in [0.15, 0.2) is 22.7 Å². The Morgan fingerprint density at radius 3 is 2.82 bits per heavy atom. The third kappa shape index (κ3) is 2.00. The number of hydrogen-bond donors (Lipinski definition) is 1. The van der Waals surface area contributed by atoms with Gasteiger partial charge >= 0.3 is 0 Å². The Morgan fingerprint density at radius 1 is 1.29 bits per heavy atom. The standard InChI is InChI=1S/C13H14BrNO2/c14-9-1-2-12-10(7-9)11(16)8-13(17-12)3-5-15-6-4-13/h1-2,7,15H,3-6,8H2/p+1. The van der Waals surface area contributed by atoms with E-state index < -0.39 is 0 Å². The summed E-state index contributed by atoms with van der Waals surface area (Å²) in [4.78, 5) is 12.2. The highest BCUT2D eigenvalue weighted by atomic mass is 79.9. The van der Waals surface area contributed by atoms with Crippen LogP contribution in [0.1, 0.15) is 29.6 Å². The molecule has 0 radical (unpaired) electrons. The Kier molecular flexibility index (Phi) is 2.71. The van der Waals surface area contributed by atoms with E-state index in [2.05, 4.69) is 21.2 Å². The highest BCUT2D eigenvalue weighted by Gasteiger charge is 2.42. The van der Waals surface area contributed by atoms with Crippen LogP contribution in [-0.4, -0.2) is 24.5 Å². The van der Waals surface area contributed by atoms with Crippen molar-refractivity contribution in [1.29, 1.82) is 0 Å². The summed E-state index contributed by atoms with van der Waals surface area (Å²) < 4.78 is 7.06.